The van der Waals surface area contributed by atoms with E-state index in [1.54, 1.807) is 36.4 Å². The van der Waals surface area contributed by atoms with Crippen LogP contribution in [0.5, 0.6) is 0 Å². The predicted octanol–water partition coefficient (Wildman–Crippen LogP) is 6.78. The molecule has 4 nitrogen and oxygen atoms in total. The summed E-state index contributed by atoms with van der Waals surface area (Å²) in [5, 5.41) is 10.7. The molecule has 0 atom stereocenters. The molecule has 0 unspecified atom stereocenters. The molecule has 0 bridgehead atoms. The lowest BCUT2D eigenvalue weighted by Crippen LogP contribution is -2.00. The van der Waals surface area contributed by atoms with Crippen LogP contribution in [0, 0.1) is 0 Å². The van der Waals surface area contributed by atoms with Crippen molar-refractivity contribution in [2.24, 2.45) is 0 Å². The summed E-state index contributed by atoms with van der Waals surface area (Å²) < 4.78 is 6.63. The van der Waals surface area contributed by atoms with Gasteiger partial charge in [0.2, 0.25) is 0 Å². The highest BCUT2D eigenvalue weighted by Gasteiger charge is 2.12. The van der Waals surface area contributed by atoms with Crippen LogP contribution in [0.1, 0.15) is 21.8 Å². The van der Waals surface area contributed by atoms with Crippen LogP contribution >= 0.6 is 27.5 Å². The summed E-state index contributed by atoms with van der Waals surface area (Å²) in [5.74, 6) is 0.274. The van der Waals surface area contributed by atoms with Crippen molar-refractivity contribution < 1.29 is 14.3 Å². The van der Waals surface area contributed by atoms with Crippen LogP contribution in [-0.4, -0.2) is 16.1 Å². The number of furan rings is 1. The lowest BCUT2D eigenvalue weighted by molar-refractivity contribution is 0.0699. The fraction of sp³-hybridized carbons (Fsp3) is 0. The maximum atomic E-state index is 11.6. The molecule has 0 aliphatic heterocycles. The number of aromatic carboxylic acids is 1. The molecule has 6 heteroatoms. The highest BCUT2D eigenvalue weighted by atomic mass is 79.9. The molecule has 0 fully saturated rings. The molecule has 0 saturated carbocycles. The van der Waals surface area contributed by atoms with Crippen molar-refractivity contribution in [2.45, 2.75) is 0 Å². The SMILES string of the molecule is O=C(O)c1cc(C=Cc2ccc(-c3ccccc3Cl)o2)nc2ccc(Br)cc12. The number of hydrogen-bond acceptors (Lipinski definition) is 3. The molecule has 0 aliphatic carbocycles. The standard InChI is InChI=1S/C22H13BrClNO3/c23-13-5-9-20-17(11-13)18(22(26)27)12-14(25-20)6-7-15-8-10-21(28-15)16-3-1-2-4-19(16)24/h1-12H,(H,26,27). The molecule has 0 spiro atoms. The number of fused-ring (bicyclic) bond motifs is 1. The number of benzene rings is 2. The van der Waals surface area contributed by atoms with E-state index < -0.39 is 5.97 Å². The summed E-state index contributed by atoms with van der Waals surface area (Å²) in [6, 6.07) is 18.0. The minimum absolute atomic E-state index is 0.196. The molecular formula is C22H13BrClNO3. The third-order valence-corrected chi connectivity index (χ3v) is 5.03. The van der Waals surface area contributed by atoms with E-state index in [9.17, 15) is 9.90 Å². The Balaban J connectivity index is 1.69. The van der Waals surface area contributed by atoms with Crippen LogP contribution in [0.4, 0.5) is 0 Å². The average Bonchev–Trinajstić information content (AvgIpc) is 3.15. The Morgan fingerprint density at radius 3 is 2.68 bits per heavy atom. The normalized spacial score (nSPS) is 11.4. The first kappa shape index (κ1) is 18.5. The van der Waals surface area contributed by atoms with Crippen LogP contribution in [0.15, 0.2) is 69.6 Å². The molecule has 4 rings (SSSR count). The van der Waals surface area contributed by atoms with Gasteiger partial charge in [-0.05, 0) is 60.7 Å². The number of carboxylic acids is 1. The van der Waals surface area contributed by atoms with Gasteiger partial charge >= 0.3 is 5.97 Å². The molecule has 28 heavy (non-hydrogen) atoms. The summed E-state index contributed by atoms with van der Waals surface area (Å²) in [5.41, 5.74) is 2.15. The van der Waals surface area contributed by atoms with E-state index in [1.807, 2.05) is 36.4 Å². The molecule has 2 aromatic carbocycles. The molecule has 4 aromatic rings. The molecule has 138 valence electrons. The highest BCUT2D eigenvalue weighted by molar-refractivity contribution is 9.10. The molecule has 0 amide bonds. The van der Waals surface area contributed by atoms with E-state index in [4.69, 9.17) is 16.0 Å². The first-order chi connectivity index (χ1) is 13.5. The van der Waals surface area contributed by atoms with Gasteiger partial charge < -0.3 is 9.52 Å². The second-order valence-electron chi connectivity index (χ2n) is 6.08. The zero-order chi connectivity index (χ0) is 19.7. The van der Waals surface area contributed by atoms with E-state index in [0.717, 1.165) is 10.0 Å². The van der Waals surface area contributed by atoms with Gasteiger partial charge in [-0.25, -0.2) is 9.78 Å². The van der Waals surface area contributed by atoms with E-state index in [2.05, 4.69) is 20.9 Å². The summed E-state index contributed by atoms with van der Waals surface area (Å²) in [6.07, 6.45) is 3.47. The van der Waals surface area contributed by atoms with E-state index in [0.29, 0.717) is 33.1 Å². The van der Waals surface area contributed by atoms with Gasteiger partial charge in [0.05, 0.1) is 21.8 Å². The van der Waals surface area contributed by atoms with Gasteiger partial charge in [0.25, 0.3) is 0 Å². The van der Waals surface area contributed by atoms with Crippen LogP contribution in [0.2, 0.25) is 5.02 Å². The maximum absolute atomic E-state index is 11.6. The molecule has 0 radical (unpaired) electrons. The highest BCUT2D eigenvalue weighted by Crippen LogP contribution is 2.30. The molecule has 0 saturated heterocycles. The first-order valence-corrected chi connectivity index (χ1v) is 9.55. The van der Waals surface area contributed by atoms with Crippen molar-refractivity contribution in [3.63, 3.8) is 0 Å². The van der Waals surface area contributed by atoms with Gasteiger partial charge in [-0.3, -0.25) is 0 Å². The average molecular weight is 455 g/mol. The second-order valence-corrected chi connectivity index (χ2v) is 7.40. The van der Waals surface area contributed by atoms with Crippen LogP contribution in [0.25, 0.3) is 34.4 Å². The van der Waals surface area contributed by atoms with E-state index >= 15 is 0 Å². The number of carbonyl (C=O) groups is 1. The number of aromatic nitrogens is 1. The van der Waals surface area contributed by atoms with Gasteiger partial charge in [-0.2, -0.15) is 0 Å². The Bertz CT molecular complexity index is 1230. The molecular weight excluding hydrogens is 442 g/mol. The minimum atomic E-state index is -1.00. The zero-order valence-electron chi connectivity index (χ0n) is 14.4. The molecule has 2 aromatic heterocycles. The monoisotopic (exact) mass is 453 g/mol. The smallest absolute Gasteiger partial charge is 0.336 e. The summed E-state index contributed by atoms with van der Waals surface area (Å²) in [7, 11) is 0. The Labute approximate surface area is 174 Å². The van der Waals surface area contributed by atoms with Gasteiger partial charge in [0.15, 0.2) is 0 Å². The Morgan fingerprint density at radius 2 is 1.89 bits per heavy atom. The largest absolute Gasteiger partial charge is 0.478 e. The summed E-state index contributed by atoms with van der Waals surface area (Å²) in [6.45, 7) is 0. The van der Waals surface area contributed by atoms with Crippen LogP contribution in [-0.2, 0) is 0 Å². The summed E-state index contributed by atoms with van der Waals surface area (Å²) in [4.78, 5) is 16.2. The number of halogens is 2. The number of pyridine rings is 1. The van der Waals surface area contributed by atoms with E-state index in [-0.39, 0.29) is 5.56 Å². The van der Waals surface area contributed by atoms with Crippen molar-refractivity contribution in [3.8, 4) is 11.3 Å². The van der Waals surface area contributed by atoms with Gasteiger partial charge in [0.1, 0.15) is 11.5 Å². The fourth-order valence-corrected chi connectivity index (χ4v) is 3.49. The Morgan fingerprint density at radius 1 is 1.07 bits per heavy atom. The fourth-order valence-electron chi connectivity index (χ4n) is 2.90. The molecule has 1 N–H and O–H groups in total. The third-order valence-electron chi connectivity index (χ3n) is 4.21. The number of nitrogens with zero attached hydrogens (tertiary/aromatic N) is 1. The quantitative estimate of drug-likeness (QED) is 0.369. The Kier molecular flexibility index (Phi) is 5.03. The van der Waals surface area contributed by atoms with Crippen molar-refractivity contribution in [3.05, 3.63) is 87.2 Å². The van der Waals surface area contributed by atoms with Crippen LogP contribution in [0.3, 0.4) is 0 Å². The number of hydrogen-bond donors (Lipinski definition) is 1. The minimum Gasteiger partial charge on any atom is -0.478 e. The van der Waals surface area contributed by atoms with Crippen molar-refractivity contribution in [2.75, 3.05) is 0 Å². The lowest BCUT2D eigenvalue weighted by atomic mass is 10.1. The predicted molar refractivity (Wildman–Crippen MR) is 114 cm³/mol. The van der Waals surface area contributed by atoms with Crippen molar-refractivity contribution in [1.82, 2.24) is 4.98 Å². The molecule has 2 heterocycles. The van der Waals surface area contributed by atoms with Gasteiger partial charge in [-0.1, -0.05) is 39.7 Å². The zero-order valence-corrected chi connectivity index (χ0v) is 16.7. The molecule has 0 aliphatic rings. The van der Waals surface area contributed by atoms with Crippen molar-refractivity contribution >= 4 is 56.6 Å². The third kappa shape index (κ3) is 3.72. The van der Waals surface area contributed by atoms with Gasteiger partial charge in [0, 0.05) is 15.4 Å². The first-order valence-electron chi connectivity index (χ1n) is 8.38. The number of carboxylic acid groups (broad SMARTS) is 1. The second kappa shape index (κ2) is 7.62. The maximum Gasteiger partial charge on any atom is 0.336 e. The van der Waals surface area contributed by atoms with E-state index in [1.165, 1.54) is 0 Å². The van der Waals surface area contributed by atoms with Gasteiger partial charge in [-0.15, -0.1) is 0 Å². The van der Waals surface area contributed by atoms with Crippen LogP contribution < -0.4 is 0 Å². The summed E-state index contributed by atoms with van der Waals surface area (Å²) >= 11 is 9.57. The van der Waals surface area contributed by atoms with Crippen molar-refractivity contribution in [1.29, 1.82) is 0 Å². The topological polar surface area (TPSA) is 63.3 Å². The lowest BCUT2D eigenvalue weighted by Gasteiger charge is -2.05. The Hall–Kier alpha value is -2.89. The number of rotatable bonds is 4.